The second-order valence-corrected chi connectivity index (χ2v) is 10.2. The molecule has 0 heterocycles. The molecule has 0 aromatic carbocycles. The van der Waals surface area contributed by atoms with Gasteiger partial charge in [0.05, 0.1) is 18.0 Å². The number of hydrogen-bond donors (Lipinski definition) is 0. The van der Waals surface area contributed by atoms with E-state index in [-0.39, 0.29) is 11.5 Å². The van der Waals surface area contributed by atoms with Crippen LogP contribution < -0.4 is 0 Å². The van der Waals surface area contributed by atoms with Gasteiger partial charge in [0.15, 0.2) is 0 Å². The summed E-state index contributed by atoms with van der Waals surface area (Å²) in [6.07, 6.45) is 1.29. The summed E-state index contributed by atoms with van der Waals surface area (Å²) in [4.78, 5) is 0. The van der Waals surface area contributed by atoms with Gasteiger partial charge in [-0.3, -0.25) is 0 Å². The second-order valence-electron chi connectivity index (χ2n) is 8.33. The first-order valence-electron chi connectivity index (χ1n) is 7.12. The standard InChI is InChI=1S/C15H33NO3S/c1-12(13(2,3)4)19-15(8,9)11-16(14(5,6)7)20(10,17)18/h12H,11H2,1-10H3. The Morgan fingerprint density at radius 1 is 1.00 bits per heavy atom. The Balaban J connectivity index is 5.15. The summed E-state index contributed by atoms with van der Waals surface area (Å²) in [5, 5.41) is 0. The van der Waals surface area contributed by atoms with Crippen molar-refractivity contribution in [3.63, 3.8) is 0 Å². The van der Waals surface area contributed by atoms with Crippen molar-refractivity contribution in [3.05, 3.63) is 0 Å². The molecule has 0 spiro atoms. The van der Waals surface area contributed by atoms with Crippen LogP contribution in [0.1, 0.15) is 62.3 Å². The fraction of sp³-hybridized carbons (Fsp3) is 1.00. The van der Waals surface area contributed by atoms with E-state index in [1.807, 2.05) is 41.5 Å². The van der Waals surface area contributed by atoms with E-state index in [9.17, 15) is 8.42 Å². The molecule has 0 N–H and O–H groups in total. The first-order chi connectivity index (χ1) is 8.47. The number of nitrogens with zero attached hydrogens (tertiary/aromatic N) is 1. The average Bonchev–Trinajstić information content (AvgIpc) is 2.08. The Kier molecular flexibility index (Phi) is 5.89. The highest BCUT2D eigenvalue weighted by atomic mass is 32.2. The topological polar surface area (TPSA) is 46.6 Å². The van der Waals surface area contributed by atoms with Crippen molar-refractivity contribution < 1.29 is 13.2 Å². The lowest BCUT2D eigenvalue weighted by molar-refractivity contribution is -0.114. The molecular weight excluding hydrogens is 274 g/mol. The van der Waals surface area contributed by atoms with E-state index in [1.54, 1.807) is 0 Å². The van der Waals surface area contributed by atoms with Crippen molar-refractivity contribution in [2.24, 2.45) is 5.41 Å². The zero-order valence-electron chi connectivity index (χ0n) is 14.9. The van der Waals surface area contributed by atoms with Crippen LogP contribution in [0.3, 0.4) is 0 Å². The van der Waals surface area contributed by atoms with E-state index < -0.39 is 21.2 Å². The summed E-state index contributed by atoms with van der Waals surface area (Å²) < 4.78 is 31.6. The number of sulfonamides is 1. The molecule has 0 rings (SSSR count). The lowest BCUT2D eigenvalue weighted by atomic mass is 9.89. The van der Waals surface area contributed by atoms with E-state index >= 15 is 0 Å². The maximum Gasteiger partial charge on any atom is 0.211 e. The van der Waals surface area contributed by atoms with Gasteiger partial charge < -0.3 is 4.74 Å². The first kappa shape index (κ1) is 19.9. The average molecular weight is 308 g/mol. The fourth-order valence-electron chi connectivity index (χ4n) is 1.89. The van der Waals surface area contributed by atoms with Crippen LogP contribution >= 0.6 is 0 Å². The molecule has 0 saturated carbocycles. The lowest BCUT2D eigenvalue weighted by Crippen LogP contribution is -2.53. The predicted molar refractivity (Wildman–Crippen MR) is 85.4 cm³/mol. The van der Waals surface area contributed by atoms with Crippen LogP contribution in [0.2, 0.25) is 0 Å². The molecule has 4 nitrogen and oxygen atoms in total. The summed E-state index contributed by atoms with van der Waals surface area (Å²) in [6, 6.07) is 0. The molecule has 0 aliphatic heterocycles. The highest BCUT2D eigenvalue weighted by Crippen LogP contribution is 2.29. The zero-order valence-corrected chi connectivity index (χ0v) is 15.7. The Bertz CT molecular complexity index is 413. The van der Waals surface area contributed by atoms with Crippen LogP contribution in [-0.2, 0) is 14.8 Å². The van der Waals surface area contributed by atoms with Gasteiger partial charge >= 0.3 is 0 Å². The minimum atomic E-state index is -3.27. The normalized spacial score (nSPS) is 16.6. The minimum Gasteiger partial charge on any atom is -0.371 e. The van der Waals surface area contributed by atoms with Crippen molar-refractivity contribution in [1.82, 2.24) is 4.31 Å². The zero-order chi connectivity index (χ0) is 16.6. The predicted octanol–water partition coefficient (Wildman–Crippen LogP) is 3.28. The highest BCUT2D eigenvalue weighted by Gasteiger charge is 2.37. The van der Waals surface area contributed by atoms with Crippen molar-refractivity contribution in [3.8, 4) is 0 Å². The van der Waals surface area contributed by atoms with E-state index in [0.717, 1.165) is 0 Å². The summed E-state index contributed by atoms with van der Waals surface area (Å²) in [5.74, 6) is 0. The van der Waals surface area contributed by atoms with E-state index in [2.05, 4.69) is 20.8 Å². The van der Waals surface area contributed by atoms with Crippen LogP contribution in [0.15, 0.2) is 0 Å². The Labute approximate surface area is 125 Å². The van der Waals surface area contributed by atoms with Gasteiger partial charge in [0, 0.05) is 12.1 Å². The number of ether oxygens (including phenoxy) is 1. The van der Waals surface area contributed by atoms with Crippen LogP contribution in [0, 0.1) is 5.41 Å². The van der Waals surface area contributed by atoms with E-state index in [0.29, 0.717) is 6.54 Å². The van der Waals surface area contributed by atoms with Gasteiger partial charge in [-0.25, -0.2) is 8.42 Å². The smallest absolute Gasteiger partial charge is 0.211 e. The quantitative estimate of drug-likeness (QED) is 0.783. The van der Waals surface area contributed by atoms with E-state index in [4.69, 9.17) is 4.74 Å². The Morgan fingerprint density at radius 2 is 1.40 bits per heavy atom. The van der Waals surface area contributed by atoms with Crippen molar-refractivity contribution >= 4 is 10.0 Å². The summed E-state index contributed by atoms with van der Waals surface area (Å²) >= 11 is 0. The third-order valence-corrected chi connectivity index (χ3v) is 4.87. The van der Waals surface area contributed by atoms with Gasteiger partial charge in [-0.2, -0.15) is 4.31 Å². The third-order valence-electron chi connectivity index (χ3n) is 3.39. The van der Waals surface area contributed by atoms with Crippen LogP contribution in [-0.4, -0.2) is 42.8 Å². The number of hydrogen-bond acceptors (Lipinski definition) is 3. The van der Waals surface area contributed by atoms with Gasteiger partial charge in [-0.1, -0.05) is 20.8 Å². The van der Waals surface area contributed by atoms with Crippen LogP contribution in [0.5, 0.6) is 0 Å². The number of rotatable bonds is 5. The molecule has 20 heavy (non-hydrogen) atoms. The van der Waals surface area contributed by atoms with Crippen molar-refractivity contribution in [2.45, 2.75) is 79.6 Å². The fourth-order valence-corrected chi connectivity index (χ4v) is 3.43. The lowest BCUT2D eigenvalue weighted by Gasteiger charge is -2.42. The van der Waals surface area contributed by atoms with Gasteiger partial charge in [0.1, 0.15) is 0 Å². The molecule has 0 aromatic heterocycles. The van der Waals surface area contributed by atoms with Crippen LogP contribution in [0.25, 0.3) is 0 Å². The molecule has 0 amide bonds. The molecule has 0 aliphatic carbocycles. The maximum atomic E-state index is 12.0. The monoisotopic (exact) mass is 307 g/mol. The first-order valence-corrected chi connectivity index (χ1v) is 8.97. The van der Waals surface area contributed by atoms with Crippen molar-refractivity contribution in [1.29, 1.82) is 0 Å². The molecule has 0 radical (unpaired) electrons. The van der Waals surface area contributed by atoms with E-state index in [1.165, 1.54) is 10.6 Å². The van der Waals surface area contributed by atoms with Gasteiger partial charge in [-0.05, 0) is 47.0 Å². The maximum absolute atomic E-state index is 12.0. The van der Waals surface area contributed by atoms with Gasteiger partial charge in [0.25, 0.3) is 0 Å². The summed E-state index contributed by atoms with van der Waals surface area (Å²) in [7, 11) is -3.27. The summed E-state index contributed by atoms with van der Waals surface area (Å²) in [6.45, 7) is 18.3. The minimum absolute atomic E-state index is 0.0227. The third kappa shape index (κ3) is 6.55. The van der Waals surface area contributed by atoms with Crippen molar-refractivity contribution in [2.75, 3.05) is 12.8 Å². The second kappa shape index (κ2) is 5.93. The Hall–Kier alpha value is -0.130. The molecule has 0 bridgehead atoms. The molecule has 1 atom stereocenters. The molecule has 0 aromatic rings. The molecule has 5 heteroatoms. The Morgan fingerprint density at radius 3 is 1.65 bits per heavy atom. The largest absolute Gasteiger partial charge is 0.371 e. The van der Waals surface area contributed by atoms with Crippen LogP contribution in [0.4, 0.5) is 0 Å². The highest BCUT2D eigenvalue weighted by molar-refractivity contribution is 7.88. The SMILES string of the molecule is CC(OC(C)(C)CN(C(C)(C)C)S(C)(=O)=O)C(C)(C)C. The molecule has 0 fully saturated rings. The molecule has 122 valence electrons. The molecule has 0 saturated heterocycles. The van der Waals surface area contributed by atoms with Gasteiger partial charge in [0.2, 0.25) is 10.0 Å². The van der Waals surface area contributed by atoms with Gasteiger partial charge in [-0.15, -0.1) is 0 Å². The molecular formula is C15H33NO3S. The molecule has 1 unspecified atom stereocenters. The molecule has 0 aliphatic rings. The summed E-state index contributed by atoms with van der Waals surface area (Å²) in [5.41, 5.74) is -0.975.